The predicted octanol–water partition coefficient (Wildman–Crippen LogP) is 2.25. The monoisotopic (exact) mass is 281 g/mol. The van der Waals surface area contributed by atoms with Gasteiger partial charge in [-0.3, -0.25) is 4.68 Å². The predicted molar refractivity (Wildman–Crippen MR) is 82.1 cm³/mol. The standard InChI is InChI=1S/C16H19N5/c1-14(13-20-10-5-9-18-20)17-12-15-8-11-21(19-15)16-6-3-2-4-7-16/h2-11,14,17H,12-13H2,1H3/t14-/m1/s1. The van der Waals surface area contributed by atoms with Crippen molar-refractivity contribution in [3.05, 3.63) is 66.7 Å². The third kappa shape index (κ3) is 3.58. The van der Waals surface area contributed by atoms with E-state index in [4.69, 9.17) is 0 Å². The number of aromatic nitrogens is 4. The summed E-state index contributed by atoms with van der Waals surface area (Å²) in [5.74, 6) is 0. The first kappa shape index (κ1) is 13.6. The minimum Gasteiger partial charge on any atom is -0.307 e. The lowest BCUT2D eigenvalue weighted by Gasteiger charge is -2.12. The summed E-state index contributed by atoms with van der Waals surface area (Å²) in [5, 5.41) is 12.3. The van der Waals surface area contributed by atoms with Crippen LogP contribution in [0, 0.1) is 0 Å². The molecule has 1 aromatic carbocycles. The van der Waals surface area contributed by atoms with Crippen LogP contribution < -0.4 is 5.32 Å². The zero-order chi connectivity index (χ0) is 14.5. The summed E-state index contributed by atoms with van der Waals surface area (Å²) in [7, 11) is 0. The molecule has 1 N–H and O–H groups in total. The highest BCUT2D eigenvalue weighted by atomic mass is 15.3. The molecule has 0 aliphatic heterocycles. The van der Waals surface area contributed by atoms with E-state index in [-0.39, 0.29) is 0 Å². The van der Waals surface area contributed by atoms with Gasteiger partial charge in [0.25, 0.3) is 0 Å². The Morgan fingerprint density at radius 3 is 2.71 bits per heavy atom. The molecule has 0 bridgehead atoms. The first-order valence-electron chi connectivity index (χ1n) is 7.12. The highest BCUT2D eigenvalue weighted by Gasteiger charge is 2.05. The van der Waals surface area contributed by atoms with Crippen molar-refractivity contribution in [2.75, 3.05) is 0 Å². The van der Waals surface area contributed by atoms with Gasteiger partial charge in [0, 0.05) is 31.2 Å². The Morgan fingerprint density at radius 1 is 1.10 bits per heavy atom. The van der Waals surface area contributed by atoms with E-state index in [0.717, 1.165) is 24.5 Å². The van der Waals surface area contributed by atoms with Gasteiger partial charge < -0.3 is 5.32 Å². The van der Waals surface area contributed by atoms with Crippen LogP contribution in [-0.4, -0.2) is 25.6 Å². The molecule has 1 atom stereocenters. The second kappa shape index (κ2) is 6.37. The van der Waals surface area contributed by atoms with Gasteiger partial charge in [-0.1, -0.05) is 18.2 Å². The number of rotatable bonds is 6. The summed E-state index contributed by atoms with van der Waals surface area (Å²) < 4.78 is 3.83. The third-order valence-electron chi connectivity index (χ3n) is 3.32. The zero-order valence-electron chi connectivity index (χ0n) is 12.1. The van der Waals surface area contributed by atoms with Crippen LogP contribution in [0.5, 0.6) is 0 Å². The fourth-order valence-electron chi connectivity index (χ4n) is 2.21. The maximum atomic E-state index is 4.58. The molecular formula is C16H19N5. The molecule has 2 aromatic heterocycles. The second-order valence-electron chi connectivity index (χ2n) is 5.10. The van der Waals surface area contributed by atoms with Crippen LogP contribution in [0.4, 0.5) is 0 Å². The second-order valence-corrected chi connectivity index (χ2v) is 5.10. The average Bonchev–Trinajstić information content (AvgIpc) is 3.17. The Bertz CT molecular complexity index is 657. The lowest BCUT2D eigenvalue weighted by Crippen LogP contribution is -2.30. The molecule has 0 radical (unpaired) electrons. The molecule has 5 heteroatoms. The first-order chi connectivity index (χ1) is 10.3. The maximum Gasteiger partial charge on any atom is 0.0766 e. The smallest absolute Gasteiger partial charge is 0.0766 e. The number of para-hydroxylation sites is 1. The van der Waals surface area contributed by atoms with Crippen molar-refractivity contribution in [2.24, 2.45) is 0 Å². The molecule has 0 aliphatic carbocycles. The van der Waals surface area contributed by atoms with E-state index in [0.29, 0.717) is 6.04 Å². The highest BCUT2D eigenvalue weighted by Crippen LogP contribution is 2.06. The fourth-order valence-corrected chi connectivity index (χ4v) is 2.21. The molecule has 5 nitrogen and oxygen atoms in total. The van der Waals surface area contributed by atoms with Crippen LogP contribution in [-0.2, 0) is 13.1 Å². The molecule has 0 saturated carbocycles. The molecule has 3 aromatic rings. The van der Waals surface area contributed by atoms with E-state index < -0.39 is 0 Å². The van der Waals surface area contributed by atoms with Gasteiger partial charge in [-0.05, 0) is 31.2 Å². The van der Waals surface area contributed by atoms with Gasteiger partial charge in [0.05, 0.1) is 17.9 Å². The number of benzene rings is 1. The average molecular weight is 281 g/mol. The van der Waals surface area contributed by atoms with Crippen LogP contribution in [0.15, 0.2) is 61.1 Å². The molecule has 0 spiro atoms. The van der Waals surface area contributed by atoms with Crippen LogP contribution in [0.2, 0.25) is 0 Å². The van der Waals surface area contributed by atoms with E-state index in [1.165, 1.54) is 0 Å². The van der Waals surface area contributed by atoms with E-state index in [1.54, 1.807) is 6.20 Å². The van der Waals surface area contributed by atoms with Crippen molar-refractivity contribution < 1.29 is 0 Å². The topological polar surface area (TPSA) is 47.7 Å². The number of hydrogen-bond acceptors (Lipinski definition) is 3. The fraction of sp³-hybridized carbons (Fsp3) is 0.250. The Hall–Kier alpha value is -2.40. The molecule has 2 heterocycles. The number of nitrogens with zero attached hydrogens (tertiary/aromatic N) is 4. The van der Waals surface area contributed by atoms with Gasteiger partial charge in [-0.25, -0.2) is 4.68 Å². The summed E-state index contributed by atoms with van der Waals surface area (Å²) in [6, 6.07) is 14.4. The summed E-state index contributed by atoms with van der Waals surface area (Å²) >= 11 is 0. The highest BCUT2D eigenvalue weighted by molar-refractivity contribution is 5.30. The lowest BCUT2D eigenvalue weighted by molar-refractivity contribution is 0.448. The van der Waals surface area contributed by atoms with Crippen LogP contribution in [0.25, 0.3) is 5.69 Å². The first-order valence-corrected chi connectivity index (χ1v) is 7.12. The van der Waals surface area contributed by atoms with Crippen molar-refractivity contribution in [3.63, 3.8) is 0 Å². The van der Waals surface area contributed by atoms with Gasteiger partial charge in [0.2, 0.25) is 0 Å². The van der Waals surface area contributed by atoms with Crippen LogP contribution >= 0.6 is 0 Å². The maximum absolute atomic E-state index is 4.58. The van der Waals surface area contributed by atoms with Crippen LogP contribution in [0.1, 0.15) is 12.6 Å². The van der Waals surface area contributed by atoms with E-state index in [1.807, 2.05) is 64.2 Å². The van der Waals surface area contributed by atoms with Gasteiger partial charge in [-0.15, -0.1) is 0 Å². The van der Waals surface area contributed by atoms with Gasteiger partial charge >= 0.3 is 0 Å². The molecular weight excluding hydrogens is 262 g/mol. The van der Waals surface area contributed by atoms with Crippen molar-refractivity contribution in [3.8, 4) is 5.69 Å². The van der Waals surface area contributed by atoms with Crippen molar-refractivity contribution in [1.29, 1.82) is 0 Å². The molecule has 21 heavy (non-hydrogen) atoms. The minimum absolute atomic E-state index is 0.340. The Labute approximate surface area is 124 Å². The summed E-state index contributed by atoms with van der Waals surface area (Å²) in [4.78, 5) is 0. The quantitative estimate of drug-likeness (QED) is 0.754. The van der Waals surface area contributed by atoms with E-state index >= 15 is 0 Å². The zero-order valence-corrected chi connectivity index (χ0v) is 12.1. The van der Waals surface area contributed by atoms with E-state index in [2.05, 4.69) is 22.4 Å². The van der Waals surface area contributed by atoms with Crippen molar-refractivity contribution >= 4 is 0 Å². The molecule has 0 aliphatic rings. The molecule has 0 unspecified atom stereocenters. The summed E-state index contributed by atoms with van der Waals surface area (Å²) in [6.45, 7) is 3.75. The summed E-state index contributed by atoms with van der Waals surface area (Å²) in [5.41, 5.74) is 2.11. The molecule has 0 saturated heterocycles. The van der Waals surface area contributed by atoms with Gasteiger partial charge in [0.1, 0.15) is 0 Å². The number of nitrogens with one attached hydrogen (secondary N) is 1. The van der Waals surface area contributed by atoms with Crippen LogP contribution in [0.3, 0.4) is 0 Å². The van der Waals surface area contributed by atoms with Crippen molar-refractivity contribution in [2.45, 2.75) is 26.1 Å². The Balaban J connectivity index is 1.55. The van der Waals surface area contributed by atoms with Gasteiger partial charge in [0.15, 0.2) is 0 Å². The van der Waals surface area contributed by atoms with Crippen molar-refractivity contribution in [1.82, 2.24) is 24.9 Å². The SMILES string of the molecule is C[C@H](Cn1cccn1)NCc1ccn(-c2ccccc2)n1. The molecule has 0 fully saturated rings. The Morgan fingerprint density at radius 2 is 1.95 bits per heavy atom. The van der Waals surface area contributed by atoms with E-state index in [9.17, 15) is 0 Å². The molecule has 0 amide bonds. The largest absolute Gasteiger partial charge is 0.307 e. The summed E-state index contributed by atoms with van der Waals surface area (Å²) in [6.07, 6.45) is 5.76. The normalized spacial score (nSPS) is 12.4. The minimum atomic E-state index is 0.340. The van der Waals surface area contributed by atoms with Gasteiger partial charge in [-0.2, -0.15) is 10.2 Å². The molecule has 108 valence electrons. The lowest BCUT2D eigenvalue weighted by atomic mass is 10.3. The Kier molecular flexibility index (Phi) is 4.12. The third-order valence-corrected chi connectivity index (χ3v) is 3.32. The number of hydrogen-bond donors (Lipinski definition) is 1. The molecule has 3 rings (SSSR count).